The number of hydrogen-bond donors (Lipinski definition) is 3. The van der Waals surface area contributed by atoms with Gasteiger partial charge < -0.3 is 11.1 Å². The van der Waals surface area contributed by atoms with Gasteiger partial charge in [0.1, 0.15) is 0 Å². The molecule has 0 aliphatic heterocycles. The number of rotatable bonds is 7. The largest absolute Gasteiger partial charge is 0.366 e. The summed E-state index contributed by atoms with van der Waals surface area (Å²) >= 11 is 0. The first-order chi connectivity index (χ1) is 11.8. The van der Waals surface area contributed by atoms with Crippen molar-refractivity contribution in [2.24, 2.45) is 5.73 Å². The number of anilines is 1. The number of benzene rings is 2. The van der Waals surface area contributed by atoms with Gasteiger partial charge in [-0.2, -0.15) is 0 Å². The van der Waals surface area contributed by atoms with Crippen molar-refractivity contribution in [1.82, 2.24) is 4.72 Å². The van der Waals surface area contributed by atoms with Gasteiger partial charge in [0.05, 0.1) is 4.90 Å². The minimum atomic E-state index is -3.64. The quantitative estimate of drug-likeness (QED) is 0.691. The standard InChI is InChI=1S/C17H19N3O4S/c1-12-2-8-15(9-3-12)25(23,24)19-11-10-16(21)20-14-6-4-13(5-7-14)17(18)22/h2-9,19H,10-11H2,1H3,(H2,18,22)(H,20,21). The second kappa shape index (κ2) is 7.91. The van der Waals surface area contributed by atoms with Gasteiger partial charge in [0.25, 0.3) is 0 Å². The molecule has 0 unspecified atom stereocenters. The Balaban J connectivity index is 1.85. The van der Waals surface area contributed by atoms with Gasteiger partial charge in [-0.15, -0.1) is 0 Å². The molecule has 0 aromatic heterocycles. The number of nitrogens with two attached hydrogens (primary N) is 1. The van der Waals surface area contributed by atoms with Crippen LogP contribution in [-0.2, 0) is 14.8 Å². The zero-order chi connectivity index (χ0) is 18.4. The number of sulfonamides is 1. The molecule has 0 radical (unpaired) electrons. The molecule has 2 amide bonds. The lowest BCUT2D eigenvalue weighted by Crippen LogP contribution is -2.27. The van der Waals surface area contributed by atoms with Crippen LogP contribution < -0.4 is 15.8 Å². The van der Waals surface area contributed by atoms with E-state index in [0.717, 1.165) is 5.56 Å². The Labute approximate surface area is 146 Å². The van der Waals surface area contributed by atoms with Crippen LogP contribution in [0.3, 0.4) is 0 Å². The summed E-state index contributed by atoms with van der Waals surface area (Å²) in [6.45, 7) is 1.84. The second-order valence-electron chi connectivity index (χ2n) is 5.45. The fourth-order valence-electron chi connectivity index (χ4n) is 2.04. The molecule has 0 aliphatic rings. The monoisotopic (exact) mass is 361 g/mol. The highest BCUT2D eigenvalue weighted by Gasteiger charge is 2.14. The van der Waals surface area contributed by atoms with Crippen LogP contribution in [0, 0.1) is 6.92 Å². The van der Waals surface area contributed by atoms with Crippen LogP contribution >= 0.6 is 0 Å². The minimum Gasteiger partial charge on any atom is -0.366 e. The van der Waals surface area contributed by atoms with Gasteiger partial charge in [0.2, 0.25) is 21.8 Å². The van der Waals surface area contributed by atoms with Crippen molar-refractivity contribution in [2.45, 2.75) is 18.2 Å². The van der Waals surface area contributed by atoms with Crippen molar-refractivity contribution in [1.29, 1.82) is 0 Å². The third-order valence-corrected chi connectivity index (χ3v) is 4.91. The Morgan fingerprint density at radius 2 is 1.60 bits per heavy atom. The number of primary amides is 1. The molecule has 0 heterocycles. The molecular formula is C17H19N3O4S. The highest BCUT2D eigenvalue weighted by atomic mass is 32.2. The zero-order valence-electron chi connectivity index (χ0n) is 13.7. The van der Waals surface area contributed by atoms with E-state index < -0.39 is 15.9 Å². The first-order valence-corrected chi connectivity index (χ1v) is 9.02. The summed E-state index contributed by atoms with van der Waals surface area (Å²) in [7, 11) is -3.64. The highest BCUT2D eigenvalue weighted by molar-refractivity contribution is 7.89. The number of hydrogen-bond acceptors (Lipinski definition) is 4. The average Bonchev–Trinajstić information content (AvgIpc) is 2.55. The average molecular weight is 361 g/mol. The number of amides is 2. The van der Waals surface area contributed by atoms with E-state index in [4.69, 9.17) is 5.73 Å². The predicted octanol–water partition coefficient (Wildman–Crippen LogP) is 1.40. The van der Waals surface area contributed by atoms with Gasteiger partial charge in [-0.3, -0.25) is 9.59 Å². The molecule has 0 spiro atoms. The van der Waals surface area contributed by atoms with Crippen molar-refractivity contribution in [3.63, 3.8) is 0 Å². The molecule has 8 heteroatoms. The van der Waals surface area contributed by atoms with Crippen molar-refractivity contribution in [3.05, 3.63) is 59.7 Å². The molecule has 0 fully saturated rings. The molecule has 132 valence electrons. The Morgan fingerprint density at radius 3 is 2.16 bits per heavy atom. The maximum atomic E-state index is 12.1. The fourth-order valence-corrected chi connectivity index (χ4v) is 3.07. The predicted molar refractivity (Wildman–Crippen MR) is 94.6 cm³/mol. The number of aryl methyl sites for hydroxylation is 1. The van der Waals surface area contributed by atoms with Gasteiger partial charge in [-0.05, 0) is 43.3 Å². The lowest BCUT2D eigenvalue weighted by Gasteiger charge is -2.08. The molecule has 7 nitrogen and oxygen atoms in total. The van der Waals surface area contributed by atoms with Crippen molar-refractivity contribution in [2.75, 3.05) is 11.9 Å². The molecule has 0 aliphatic carbocycles. The van der Waals surface area contributed by atoms with E-state index in [1.807, 2.05) is 6.92 Å². The molecule has 0 bridgehead atoms. The Kier molecular flexibility index (Phi) is 5.89. The lowest BCUT2D eigenvalue weighted by molar-refractivity contribution is -0.116. The normalized spacial score (nSPS) is 11.1. The maximum absolute atomic E-state index is 12.1. The van der Waals surface area contributed by atoms with Crippen LogP contribution in [0.1, 0.15) is 22.3 Å². The van der Waals surface area contributed by atoms with E-state index in [-0.39, 0.29) is 23.8 Å². The van der Waals surface area contributed by atoms with Crippen LogP contribution in [0.4, 0.5) is 5.69 Å². The molecule has 2 aromatic rings. The van der Waals surface area contributed by atoms with Crippen LogP contribution in [0.2, 0.25) is 0 Å². The van der Waals surface area contributed by atoms with Crippen LogP contribution in [0.25, 0.3) is 0 Å². The van der Waals surface area contributed by atoms with Gasteiger partial charge in [0.15, 0.2) is 0 Å². The van der Waals surface area contributed by atoms with E-state index in [1.165, 1.54) is 24.3 Å². The van der Waals surface area contributed by atoms with Gasteiger partial charge in [-0.25, -0.2) is 13.1 Å². The van der Waals surface area contributed by atoms with E-state index in [9.17, 15) is 18.0 Å². The van der Waals surface area contributed by atoms with E-state index in [0.29, 0.717) is 11.3 Å². The summed E-state index contributed by atoms with van der Waals surface area (Å²) in [6.07, 6.45) is -0.0251. The van der Waals surface area contributed by atoms with E-state index in [1.54, 1.807) is 24.3 Å². The van der Waals surface area contributed by atoms with Crippen molar-refractivity contribution >= 4 is 27.5 Å². The summed E-state index contributed by atoms with van der Waals surface area (Å²) < 4.78 is 26.6. The summed E-state index contributed by atoms with van der Waals surface area (Å²) in [5.74, 6) is -0.901. The Bertz CT molecular complexity index is 860. The highest BCUT2D eigenvalue weighted by Crippen LogP contribution is 2.11. The minimum absolute atomic E-state index is 0.0251. The Morgan fingerprint density at radius 1 is 1.00 bits per heavy atom. The van der Waals surface area contributed by atoms with E-state index in [2.05, 4.69) is 10.0 Å². The molecule has 4 N–H and O–H groups in total. The number of nitrogens with one attached hydrogen (secondary N) is 2. The molecule has 0 saturated carbocycles. The molecular weight excluding hydrogens is 342 g/mol. The van der Waals surface area contributed by atoms with Crippen LogP contribution in [-0.4, -0.2) is 26.8 Å². The number of carbonyl (C=O) groups excluding carboxylic acids is 2. The molecule has 0 atom stereocenters. The first-order valence-electron chi connectivity index (χ1n) is 7.54. The van der Waals surface area contributed by atoms with Crippen LogP contribution in [0.5, 0.6) is 0 Å². The zero-order valence-corrected chi connectivity index (χ0v) is 14.5. The SMILES string of the molecule is Cc1ccc(S(=O)(=O)NCCC(=O)Nc2ccc(C(N)=O)cc2)cc1. The summed E-state index contributed by atoms with van der Waals surface area (Å²) in [6, 6.07) is 12.5. The summed E-state index contributed by atoms with van der Waals surface area (Å²) in [5.41, 5.74) is 6.93. The summed E-state index contributed by atoms with van der Waals surface area (Å²) in [5, 5.41) is 2.62. The number of carbonyl (C=O) groups is 2. The van der Waals surface area contributed by atoms with Gasteiger partial charge in [-0.1, -0.05) is 17.7 Å². The topological polar surface area (TPSA) is 118 Å². The lowest BCUT2D eigenvalue weighted by atomic mass is 10.2. The third-order valence-electron chi connectivity index (χ3n) is 3.43. The smallest absolute Gasteiger partial charge is 0.248 e. The fraction of sp³-hybridized carbons (Fsp3) is 0.176. The van der Waals surface area contributed by atoms with Gasteiger partial charge in [0, 0.05) is 24.2 Å². The van der Waals surface area contributed by atoms with E-state index >= 15 is 0 Å². The van der Waals surface area contributed by atoms with Gasteiger partial charge >= 0.3 is 0 Å². The second-order valence-corrected chi connectivity index (χ2v) is 7.22. The first kappa shape index (κ1) is 18.6. The molecule has 2 aromatic carbocycles. The summed E-state index contributed by atoms with van der Waals surface area (Å²) in [4.78, 5) is 23.0. The maximum Gasteiger partial charge on any atom is 0.248 e. The molecule has 25 heavy (non-hydrogen) atoms. The molecule has 0 saturated heterocycles. The van der Waals surface area contributed by atoms with Crippen LogP contribution in [0.15, 0.2) is 53.4 Å². The van der Waals surface area contributed by atoms with Crippen molar-refractivity contribution < 1.29 is 18.0 Å². The Hall–Kier alpha value is -2.71. The third kappa shape index (κ3) is 5.40. The molecule has 2 rings (SSSR count). The van der Waals surface area contributed by atoms with Crippen molar-refractivity contribution in [3.8, 4) is 0 Å².